The van der Waals surface area contributed by atoms with Crippen molar-refractivity contribution in [2.24, 2.45) is 5.41 Å². The van der Waals surface area contributed by atoms with Crippen molar-refractivity contribution in [2.75, 3.05) is 62.8 Å². The van der Waals surface area contributed by atoms with E-state index >= 15 is 0 Å². The van der Waals surface area contributed by atoms with E-state index < -0.39 is 0 Å². The van der Waals surface area contributed by atoms with Crippen LogP contribution in [0.3, 0.4) is 0 Å². The minimum Gasteiger partial charge on any atom is -0.497 e. The van der Waals surface area contributed by atoms with E-state index in [0.717, 1.165) is 74.3 Å². The lowest BCUT2D eigenvalue weighted by Gasteiger charge is -2.37. The van der Waals surface area contributed by atoms with Crippen LogP contribution in [0.2, 0.25) is 0 Å². The summed E-state index contributed by atoms with van der Waals surface area (Å²) in [6.45, 7) is 4.61. The highest BCUT2D eigenvalue weighted by atomic mass is 16.5. The van der Waals surface area contributed by atoms with Crippen molar-refractivity contribution in [1.82, 2.24) is 15.3 Å². The summed E-state index contributed by atoms with van der Waals surface area (Å²) < 4.78 is 11.4. The van der Waals surface area contributed by atoms with Gasteiger partial charge >= 0.3 is 0 Å². The van der Waals surface area contributed by atoms with Gasteiger partial charge in [-0.05, 0) is 44.2 Å². The molecule has 1 aromatic heterocycles. The minimum absolute atomic E-state index is 0.0278. The van der Waals surface area contributed by atoms with E-state index in [0.29, 0.717) is 25.5 Å². The normalized spacial score (nSPS) is 23.1. The molecule has 9 nitrogen and oxygen atoms in total. The maximum Gasteiger partial charge on any atom is 0.227 e. The molecule has 2 N–H and O–H groups in total. The predicted octanol–water partition coefficient (Wildman–Crippen LogP) is 1.72. The number of benzene rings is 1. The smallest absolute Gasteiger partial charge is 0.227 e. The topological polar surface area (TPSA) is 100 Å². The number of amides is 1. The SMILES string of the molecule is COc1ccc2c(N3CCCOC(CCO)C3)nc(N3CCC4(CCNC4=O)CC3)nc2c1. The fraction of sp³-hybridized carbons (Fsp3) is 0.625. The molecule has 1 spiro atoms. The molecule has 1 aromatic carbocycles. The number of hydrogen-bond donors (Lipinski definition) is 2. The molecule has 1 amide bonds. The zero-order valence-electron chi connectivity index (χ0n) is 19.3. The Labute approximate surface area is 194 Å². The Kier molecular flexibility index (Phi) is 6.25. The number of nitrogens with one attached hydrogen (secondary N) is 1. The number of aliphatic hydroxyl groups excluding tert-OH is 1. The van der Waals surface area contributed by atoms with E-state index in [4.69, 9.17) is 19.4 Å². The number of anilines is 2. The molecule has 3 saturated heterocycles. The number of nitrogens with zero attached hydrogens (tertiary/aromatic N) is 4. The molecule has 33 heavy (non-hydrogen) atoms. The van der Waals surface area contributed by atoms with E-state index in [1.54, 1.807) is 7.11 Å². The molecule has 2 aromatic rings. The number of carbonyl (C=O) groups excluding carboxylic acids is 1. The summed E-state index contributed by atoms with van der Waals surface area (Å²) in [7, 11) is 1.66. The average molecular weight is 456 g/mol. The maximum atomic E-state index is 12.4. The van der Waals surface area contributed by atoms with Crippen LogP contribution < -0.4 is 19.9 Å². The molecule has 0 aliphatic carbocycles. The fourth-order valence-corrected chi connectivity index (χ4v) is 5.32. The van der Waals surface area contributed by atoms with Crippen LogP contribution in [-0.4, -0.2) is 80.1 Å². The standard InChI is InChI=1S/C24H33N5O4/c1-32-17-3-4-19-20(15-17)26-23(28-11-7-24(8-12-28)6-9-25-22(24)31)27-21(19)29-10-2-14-33-18(16-29)5-13-30/h3-4,15,18,30H,2,5-14,16H2,1H3,(H,25,31). The van der Waals surface area contributed by atoms with Gasteiger partial charge in [-0.1, -0.05) is 0 Å². The lowest BCUT2D eigenvalue weighted by Crippen LogP contribution is -2.44. The van der Waals surface area contributed by atoms with Crippen molar-refractivity contribution >= 4 is 28.6 Å². The fourth-order valence-electron chi connectivity index (χ4n) is 5.32. The van der Waals surface area contributed by atoms with Crippen LogP contribution in [-0.2, 0) is 9.53 Å². The van der Waals surface area contributed by atoms with Gasteiger partial charge in [0.15, 0.2) is 0 Å². The molecule has 1 unspecified atom stereocenters. The first kappa shape index (κ1) is 22.2. The summed E-state index contributed by atoms with van der Waals surface area (Å²) in [5, 5.41) is 13.4. The molecule has 9 heteroatoms. The van der Waals surface area contributed by atoms with Gasteiger partial charge in [-0.2, -0.15) is 4.98 Å². The monoisotopic (exact) mass is 455 g/mol. The molecule has 3 fully saturated rings. The summed E-state index contributed by atoms with van der Waals surface area (Å²) in [5.41, 5.74) is 0.621. The number of fused-ring (bicyclic) bond motifs is 1. The van der Waals surface area contributed by atoms with Crippen molar-refractivity contribution in [3.63, 3.8) is 0 Å². The molecular formula is C24H33N5O4. The Morgan fingerprint density at radius 3 is 2.79 bits per heavy atom. The zero-order valence-corrected chi connectivity index (χ0v) is 19.3. The van der Waals surface area contributed by atoms with Gasteiger partial charge in [-0.25, -0.2) is 4.98 Å². The van der Waals surface area contributed by atoms with Gasteiger partial charge in [-0.15, -0.1) is 0 Å². The van der Waals surface area contributed by atoms with Crippen LogP contribution in [0.25, 0.3) is 10.9 Å². The van der Waals surface area contributed by atoms with Crippen molar-refractivity contribution in [3.8, 4) is 5.75 Å². The van der Waals surface area contributed by atoms with Crippen LogP contribution in [0, 0.1) is 5.41 Å². The molecule has 4 heterocycles. The summed E-state index contributed by atoms with van der Waals surface area (Å²) in [5.74, 6) is 2.55. The molecule has 178 valence electrons. The lowest BCUT2D eigenvalue weighted by atomic mass is 9.77. The Balaban J connectivity index is 1.48. The Morgan fingerprint density at radius 2 is 2.06 bits per heavy atom. The largest absolute Gasteiger partial charge is 0.497 e. The van der Waals surface area contributed by atoms with E-state index in [2.05, 4.69) is 15.1 Å². The Morgan fingerprint density at radius 1 is 1.21 bits per heavy atom. The molecule has 0 saturated carbocycles. The average Bonchev–Trinajstić information content (AvgIpc) is 3.04. The highest BCUT2D eigenvalue weighted by molar-refractivity contribution is 5.91. The van der Waals surface area contributed by atoms with Gasteiger partial charge < -0.3 is 29.7 Å². The van der Waals surface area contributed by atoms with Gasteiger partial charge in [-0.3, -0.25) is 4.79 Å². The second kappa shape index (κ2) is 9.30. The molecular weight excluding hydrogens is 422 g/mol. The summed E-state index contributed by atoms with van der Waals surface area (Å²) >= 11 is 0. The molecule has 5 rings (SSSR count). The van der Waals surface area contributed by atoms with E-state index in [1.807, 2.05) is 18.2 Å². The number of ether oxygens (including phenoxy) is 2. The van der Waals surface area contributed by atoms with Crippen molar-refractivity contribution in [2.45, 2.75) is 38.2 Å². The first-order chi connectivity index (χ1) is 16.1. The lowest BCUT2D eigenvalue weighted by molar-refractivity contribution is -0.128. The van der Waals surface area contributed by atoms with E-state index in [-0.39, 0.29) is 24.0 Å². The van der Waals surface area contributed by atoms with E-state index in [1.165, 1.54) is 0 Å². The van der Waals surface area contributed by atoms with Crippen LogP contribution in [0.15, 0.2) is 18.2 Å². The predicted molar refractivity (Wildman–Crippen MR) is 126 cm³/mol. The van der Waals surface area contributed by atoms with Gasteiger partial charge in [0, 0.05) is 57.4 Å². The third-order valence-electron chi connectivity index (χ3n) is 7.35. The van der Waals surface area contributed by atoms with Gasteiger partial charge in [0.05, 0.1) is 24.1 Å². The summed E-state index contributed by atoms with van der Waals surface area (Å²) in [6.07, 6.45) is 4.05. The molecule has 3 aliphatic rings. The second-order valence-corrected chi connectivity index (χ2v) is 9.31. The summed E-state index contributed by atoms with van der Waals surface area (Å²) in [6, 6.07) is 5.92. The second-order valence-electron chi connectivity index (χ2n) is 9.31. The van der Waals surface area contributed by atoms with Gasteiger partial charge in [0.1, 0.15) is 11.6 Å². The molecule has 0 radical (unpaired) electrons. The zero-order chi connectivity index (χ0) is 22.8. The number of carbonyl (C=O) groups is 1. The number of methoxy groups -OCH3 is 1. The number of aromatic nitrogens is 2. The van der Waals surface area contributed by atoms with Crippen molar-refractivity contribution < 1.29 is 19.4 Å². The van der Waals surface area contributed by atoms with Gasteiger partial charge in [0.25, 0.3) is 0 Å². The Bertz CT molecular complexity index is 1010. The Hall–Kier alpha value is -2.65. The maximum absolute atomic E-state index is 12.4. The molecule has 0 bridgehead atoms. The third kappa shape index (κ3) is 4.31. The van der Waals surface area contributed by atoms with Crippen molar-refractivity contribution in [1.29, 1.82) is 0 Å². The van der Waals surface area contributed by atoms with Crippen LogP contribution in [0.5, 0.6) is 5.75 Å². The molecule has 1 atom stereocenters. The van der Waals surface area contributed by atoms with E-state index in [9.17, 15) is 9.90 Å². The number of aliphatic hydroxyl groups is 1. The minimum atomic E-state index is -0.223. The first-order valence-corrected chi connectivity index (χ1v) is 12.0. The highest BCUT2D eigenvalue weighted by Crippen LogP contribution is 2.39. The number of rotatable bonds is 5. The van der Waals surface area contributed by atoms with Crippen LogP contribution >= 0.6 is 0 Å². The first-order valence-electron chi connectivity index (χ1n) is 12.0. The number of piperidine rings is 1. The summed E-state index contributed by atoms with van der Waals surface area (Å²) in [4.78, 5) is 26.8. The molecule has 3 aliphatic heterocycles. The van der Waals surface area contributed by atoms with Gasteiger partial charge in [0.2, 0.25) is 11.9 Å². The number of hydrogen-bond acceptors (Lipinski definition) is 8. The third-order valence-corrected chi connectivity index (χ3v) is 7.35. The van der Waals surface area contributed by atoms with Crippen LogP contribution in [0.4, 0.5) is 11.8 Å². The highest BCUT2D eigenvalue weighted by Gasteiger charge is 2.44. The van der Waals surface area contributed by atoms with Crippen LogP contribution in [0.1, 0.15) is 32.1 Å². The van der Waals surface area contributed by atoms with Crippen molar-refractivity contribution in [3.05, 3.63) is 18.2 Å². The quantitative estimate of drug-likeness (QED) is 0.703.